The van der Waals surface area contributed by atoms with E-state index in [1.807, 2.05) is 30.3 Å². The maximum absolute atomic E-state index is 12.1. The van der Waals surface area contributed by atoms with E-state index in [1.165, 1.54) is 6.92 Å². The molecule has 2 rings (SSSR count). The summed E-state index contributed by atoms with van der Waals surface area (Å²) in [6.45, 7) is 3.70. The van der Waals surface area contributed by atoms with Crippen molar-refractivity contribution in [1.29, 1.82) is 0 Å². The third kappa shape index (κ3) is 6.76. The Morgan fingerprint density at radius 3 is 2.27 bits per heavy atom. The molecule has 1 heterocycles. The molecule has 0 radical (unpaired) electrons. The zero-order valence-corrected chi connectivity index (χ0v) is 16.0. The van der Waals surface area contributed by atoms with Crippen LogP contribution in [-0.4, -0.2) is 68.5 Å². The highest BCUT2D eigenvalue weighted by Gasteiger charge is 2.22. The molecule has 7 nitrogen and oxygen atoms in total. The van der Waals surface area contributed by atoms with Gasteiger partial charge in [-0.2, -0.15) is 0 Å². The number of rotatable bonds is 8. The lowest BCUT2D eigenvalue weighted by Crippen LogP contribution is -2.50. The fourth-order valence-electron chi connectivity index (χ4n) is 2.93. The first kappa shape index (κ1) is 20.4. The van der Waals surface area contributed by atoms with Gasteiger partial charge in [0.25, 0.3) is 0 Å². The smallest absolute Gasteiger partial charge is 0.224 e. The van der Waals surface area contributed by atoms with E-state index in [2.05, 4.69) is 4.72 Å². The summed E-state index contributed by atoms with van der Waals surface area (Å²) in [7, 11) is -3.37. The van der Waals surface area contributed by atoms with Gasteiger partial charge in [-0.3, -0.25) is 9.59 Å². The van der Waals surface area contributed by atoms with Gasteiger partial charge in [0.2, 0.25) is 21.8 Å². The Morgan fingerprint density at radius 1 is 1.04 bits per heavy atom. The van der Waals surface area contributed by atoms with Crippen LogP contribution in [0.4, 0.5) is 0 Å². The molecule has 1 aromatic carbocycles. The van der Waals surface area contributed by atoms with Crippen LogP contribution < -0.4 is 4.72 Å². The van der Waals surface area contributed by atoms with Gasteiger partial charge in [-0.1, -0.05) is 30.3 Å². The van der Waals surface area contributed by atoms with E-state index in [0.717, 1.165) is 5.56 Å². The molecule has 26 heavy (non-hydrogen) atoms. The molecule has 0 aliphatic carbocycles. The Hall–Kier alpha value is -1.93. The molecular weight excluding hydrogens is 354 g/mol. The third-order valence-corrected chi connectivity index (χ3v) is 5.93. The standard InChI is InChI=1S/C18H27N3O4S/c1-16(22)20-11-13-21(14-12-20)18(23)9-10-19-26(24,25)15-5-8-17-6-3-2-4-7-17/h2-4,6-7,19H,5,8-15H2,1H3. The van der Waals surface area contributed by atoms with Crippen molar-refractivity contribution in [3.63, 3.8) is 0 Å². The van der Waals surface area contributed by atoms with E-state index in [0.29, 0.717) is 39.0 Å². The van der Waals surface area contributed by atoms with Gasteiger partial charge in [0.1, 0.15) is 0 Å². The summed E-state index contributed by atoms with van der Waals surface area (Å²) in [6, 6.07) is 9.75. The van der Waals surface area contributed by atoms with E-state index in [4.69, 9.17) is 0 Å². The second-order valence-corrected chi connectivity index (χ2v) is 8.37. The van der Waals surface area contributed by atoms with Crippen LogP contribution in [-0.2, 0) is 26.0 Å². The summed E-state index contributed by atoms with van der Waals surface area (Å²) in [5.74, 6) is -0.0200. The van der Waals surface area contributed by atoms with Crippen molar-refractivity contribution in [3.8, 4) is 0 Å². The van der Waals surface area contributed by atoms with Gasteiger partial charge < -0.3 is 9.80 Å². The first-order valence-corrected chi connectivity index (χ1v) is 10.6. The van der Waals surface area contributed by atoms with E-state index >= 15 is 0 Å². The fraction of sp³-hybridized carbons (Fsp3) is 0.556. The summed E-state index contributed by atoms with van der Waals surface area (Å²) < 4.78 is 26.5. The highest BCUT2D eigenvalue weighted by atomic mass is 32.2. The SMILES string of the molecule is CC(=O)N1CCN(C(=O)CCNS(=O)(=O)CCCc2ccccc2)CC1. The highest BCUT2D eigenvalue weighted by Crippen LogP contribution is 2.05. The summed E-state index contributed by atoms with van der Waals surface area (Å²) in [6.07, 6.45) is 1.39. The third-order valence-electron chi connectivity index (χ3n) is 4.46. The van der Waals surface area contributed by atoms with Crippen LogP contribution in [0.2, 0.25) is 0 Å². The van der Waals surface area contributed by atoms with E-state index in [-0.39, 0.29) is 30.5 Å². The molecule has 0 aromatic heterocycles. The normalized spacial score (nSPS) is 15.1. The number of piperazine rings is 1. The minimum absolute atomic E-state index is 0.0142. The monoisotopic (exact) mass is 381 g/mol. The molecule has 1 N–H and O–H groups in total. The van der Waals surface area contributed by atoms with Crippen molar-refractivity contribution in [1.82, 2.24) is 14.5 Å². The molecule has 1 aliphatic heterocycles. The molecule has 1 saturated heterocycles. The van der Waals surface area contributed by atoms with Gasteiger partial charge in [-0.25, -0.2) is 13.1 Å². The quantitative estimate of drug-likeness (QED) is 0.715. The minimum Gasteiger partial charge on any atom is -0.339 e. The number of aryl methyl sites for hydroxylation is 1. The largest absolute Gasteiger partial charge is 0.339 e. The van der Waals surface area contributed by atoms with Crippen LogP contribution in [0.5, 0.6) is 0 Å². The Balaban J connectivity index is 1.64. The molecule has 8 heteroatoms. The predicted molar refractivity (Wildman–Crippen MR) is 100 cm³/mol. The molecule has 0 unspecified atom stereocenters. The van der Waals surface area contributed by atoms with Gasteiger partial charge in [-0.05, 0) is 18.4 Å². The van der Waals surface area contributed by atoms with Crippen molar-refractivity contribution in [3.05, 3.63) is 35.9 Å². The summed E-state index contributed by atoms with van der Waals surface area (Å²) in [4.78, 5) is 26.8. The number of carbonyl (C=O) groups is 2. The molecule has 0 bridgehead atoms. The minimum atomic E-state index is -3.37. The maximum atomic E-state index is 12.1. The molecule has 1 aromatic rings. The lowest BCUT2D eigenvalue weighted by atomic mass is 10.1. The van der Waals surface area contributed by atoms with Gasteiger partial charge in [0.15, 0.2) is 0 Å². The van der Waals surface area contributed by atoms with Crippen molar-refractivity contribution < 1.29 is 18.0 Å². The summed E-state index contributed by atoms with van der Waals surface area (Å²) in [5.41, 5.74) is 1.11. The Bertz CT molecular complexity index is 698. The molecule has 144 valence electrons. The van der Waals surface area contributed by atoms with Crippen LogP contribution in [0.25, 0.3) is 0 Å². The zero-order chi connectivity index (χ0) is 19.0. The van der Waals surface area contributed by atoms with E-state index in [9.17, 15) is 18.0 Å². The van der Waals surface area contributed by atoms with Crippen LogP contribution in [0.3, 0.4) is 0 Å². The van der Waals surface area contributed by atoms with Gasteiger partial charge in [-0.15, -0.1) is 0 Å². The van der Waals surface area contributed by atoms with Crippen LogP contribution in [0.15, 0.2) is 30.3 Å². The summed E-state index contributed by atoms with van der Waals surface area (Å²) >= 11 is 0. The highest BCUT2D eigenvalue weighted by molar-refractivity contribution is 7.89. The number of hydrogen-bond acceptors (Lipinski definition) is 4. The molecule has 0 spiro atoms. The van der Waals surface area contributed by atoms with E-state index < -0.39 is 10.0 Å². The lowest BCUT2D eigenvalue weighted by molar-refractivity contribution is -0.138. The number of carbonyl (C=O) groups excluding carboxylic acids is 2. The average Bonchev–Trinajstić information content (AvgIpc) is 2.62. The zero-order valence-electron chi connectivity index (χ0n) is 15.2. The fourth-order valence-corrected chi connectivity index (χ4v) is 4.01. The van der Waals surface area contributed by atoms with Crippen LogP contribution >= 0.6 is 0 Å². The van der Waals surface area contributed by atoms with Crippen molar-refractivity contribution in [2.75, 3.05) is 38.5 Å². The molecule has 2 amide bonds. The Morgan fingerprint density at radius 2 is 1.65 bits per heavy atom. The van der Waals surface area contributed by atoms with Gasteiger partial charge in [0.05, 0.1) is 5.75 Å². The molecular formula is C18H27N3O4S. The Kier molecular flexibility index (Phi) is 7.59. The predicted octanol–water partition coefficient (Wildman–Crippen LogP) is 0.619. The number of nitrogens with zero attached hydrogens (tertiary/aromatic N) is 2. The first-order chi connectivity index (χ1) is 12.4. The average molecular weight is 381 g/mol. The van der Waals surface area contributed by atoms with E-state index in [1.54, 1.807) is 9.80 Å². The van der Waals surface area contributed by atoms with Crippen LogP contribution in [0, 0.1) is 0 Å². The second-order valence-electron chi connectivity index (χ2n) is 6.44. The van der Waals surface area contributed by atoms with Gasteiger partial charge >= 0.3 is 0 Å². The topological polar surface area (TPSA) is 86.8 Å². The number of benzene rings is 1. The molecule has 0 atom stereocenters. The Labute approximate surface area is 155 Å². The summed E-state index contributed by atoms with van der Waals surface area (Å²) in [5, 5.41) is 0. The second kappa shape index (κ2) is 9.68. The first-order valence-electron chi connectivity index (χ1n) is 8.92. The molecule has 1 fully saturated rings. The number of sulfonamides is 1. The number of hydrogen-bond donors (Lipinski definition) is 1. The molecule has 1 aliphatic rings. The molecule has 0 saturated carbocycles. The van der Waals surface area contributed by atoms with Gasteiger partial charge in [0, 0.05) is 46.1 Å². The van der Waals surface area contributed by atoms with Crippen molar-refractivity contribution >= 4 is 21.8 Å². The number of nitrogens with one attached hydrogen (secondary N) is 1. The lowest BCUT2D eigenvalue weighted by Gasteiger charge is -2.34. The maximum Gasteiger partial charge on any atom is 0.224 e. The van der Waals surface area contributed by atoms with Crippen LogP contribution in [0.1, 0.15) is 25.3 Å². The van der Waals surface area contributed by atoms with Crippen molar-refractivity contribution in [2.24, 2.45) is 0 Å². The van der Waals surface area contributed by atoms with Crippen molar-refractivity contribution in [2.45, 2.75) is 26.2 Å². The number of amides is 2.